The summed E-state index contributed by atoms with van der Waals surface area (Å²) in [4.78, 5) is 2.44. The van der Waals surface area contributed by atoms with Crippen molar-refractivity contribution in [1.29, 1.82) is 0 Å². The summed E-state index contributed by atoms with van der Waals surface area (Å²) >= 11 is 0. The number of nitrogens with zero attached hydrogens (tertiary/aromatic N) is 1. The zero-order valence-corrected chi connectivity index (χ0v) is 35.8. The Morgan fingerprint density at radius 3 is 1.66 bits per heavy atom. The number of para-hydroxylation sites is 3. The fraction of sp³-hybridized carbons (Fsp3) is 0.0968. The van der Waals surface area contributed by atoms with E-state index in [1.807, 2.05) is 6.07 Å². The van der Waals surface area contributed by atoms with E-state index in [9.17, 15) is 0 Å². The third-order valence-corrected chi connectivity index (χ3v) is 13.7. The van der Waals surface area contributed by atoms with Gasteiger partial charge in [-0.2, -0.15) is 0 Å². The number of rotatable bonds is 8. The Balaban J connectivity index is 0.969. The molecule has 0 aliphatic heterocycles. The van der Waals surface area contributed by atoms with E-state index in [1.165, 1.54) is 92.6 Å². The van der Waals surface area contributed by atoms with Crippen molar-refractivity contribution < 1.29 is 4.42 Å². The molecule has 1 aromatic heterocycles. The lowest BCUT2D eigenvalue weighted by Crippen LogP contribution is -2.11. The van der Waals surface area contributed by atoms with E-state index in [1.54, 1.807) is 0 Å². The van der Waals surface area contributed by atoms with E-state index in [2.05, 4.69) is 217 Å². The van der Waals surface area contributed by atoms with Crippen molar-refractivity contribution in [1.82, 2.24) is 0 Å². The van der Waals surface area contributed by atoms with Gasteiger partial charge in [-0.05, 0) is 116 Å². The van der Waals surface area contributed by atoms with Crippen molar-refractivity contribution in [3.63, 3.8) is 0 Å². The molecule has 1 aliphatic rings. The maximum atomic E-state index is 6.49. The highest BCUT2D eigenvalue weighted by Crippen LogP contribution is 2.47. The molecular formula is C62H47NO. The summed E-state index contributed by atoms with van der Waals surface area (Å²) in [5.41, 5.74) is 16.2. The molecule has 2 heteroatoms. The van der Waals surface area contributed by atoms with Gasteiger partial charge in [-0.15, -0.1) is 0 Å². The quantitative estimate of drug-likeness (QED) is 0.152. The highest BCUT2D eigenvalue weighted by Gasteiger charge is 2.23. The van der Waals surface area contributed by atoms with Crippen molar-refractivity contribution in [3.8, 4) is 44.5 Å². The lowest BCUT2D eigenvalue weighted by molar-refractivity contribution is 0.445. The first-order valence-electron chi connectivity index (χ1n) is 22.9. The molecule has 0 bridgehead atoms. The minimum atomic E-state index is 0.583. The molecule has 12 rings (SSSR count). The number of furan rings is 1. The van der Waals surface area contributed by atoms with Crippen LogP contribution in [-0.4, -0.2) is 0 Å². The molecule has 64 heavy (non-hydrogen) atoms. The van der Waals surface area contributed by atoms with Crippen LogP contribution in [0.2, 0.25) is 0 Å². The van der Waals surface area contributed by atoms with Crippen LogP contribution in [0.4, 0.5) is 17.1 Å². The molecule has 10 aromatic carbocycles. The Kier molecular flexibility index (Phi) is 9.64. The SMILES string of the molecule is c1ccc(N(c2ccc(-c3ccc(-c4cccc5ccccc45)cc3)cc2)c2ccc(-c3cccc4c3oc3ccccc34)cc2)c(-c2cccc3cccc(C4CCCCC4)c23)c1. The summed E-state index contributed by atoms with van der Waals surface area (Å²) < 4.78 is 6.49. The van der Waals surface area contributed by atoms with Crippen molar-refractivity contribution in [2.24, 2.45) is 0 Å². The standard InChI is InChI=1S/C62H47NO/c1-2-14-45(15-3-1)53-24-11-18-48-19-12-26-57(61(48)53)55-21-6-8-28-59(55)63(50-40-36-47(37-41-50)54-25-13-27-58-56-22-7-9-29-60(56)64-62(54)58)49-38-34-43(35-39-49)42-30-32-46(33-31-42)52-23-10-17-44-16-4-5-20-51(44)52/h4-13,16-41,45H,1-3,14-15H2. The minimum absolute atomic E-state index is 0.583. The molecule has 0 saturated heterocycles. The van der Waals surface area contributed by atoms with E-state index >= 15 is 0 Å². The zero-order valence-electron chi connectivity index (χ0n) is 35.8. The van der Waals surface area contributed by atoms with Gasteiger partial charge >= 0.3 is 0 Å². The van der Waals surface area contributed by atoms with E-state index in [0.717, 1.165) is 50.1 Å². The molecule has 11 aromatic rings. The van der Waals surface area contributed by atoms with Gasteiger partial charge in [0, 0.05) is 33.3 Å². The van der Waals surface area contributed by atoms with Crippen LogP contribution in [0, 0.1) is 0 Å². The molecule has 1 aliphatic carbocycles. The molecule has 0 atom stereocenters. The van der Waals surface area contributed by atoms with Crippen molar-refractivity contribution >= 4 is 60.5 Å². The van der Waals surface area contributed by atoms with Crippen LogP contribution in [0.3, 0.4) is 0 Å². The highest BCUT2D eigenvalue weighted by molar-refractivity contribution is 6.10. The number of fused-ring (bicyclic) bond motifs is 5. The van der Waals surface area contributed by atoms with Crippen molar-refractivity contribution in [3.05, 3.63) is 224 Å². The highest BCUT2D eigenvalue weighted by atomic mass is 16.3. The predicted octanol–water partition coefficient (Wildman–Crippen LogP) is 18.1. The molecule has 306 valence electrons. The molecule has 0 unspecified atom stereocenters. The van der Waals surface area contributed by atoms with Gasteiger partial charge < -0.3 is 9.32 Å². The molecular weight excluding hydrogens is 775 g/mol. The summed E-state index contributed by atoms with van der Waals surface area (Å²) in [6.45, 7) is 0. The summed E-state index contributed by atoms with van der Waals surface area (Å²) in [6, 6.07) is 79.9. The maximum Gasteiger partial charge on any atom is 0.143 e. The summed E-state index contributed by atoms with van der Waals surface area (Å²) in [6.07, 6.45) is 6.46. The first kappa shape index (κ1) is 38.0. The summed E-state index contributed by atoms with van der Waals surface area (Å²) in [5.74, 6) is 0.583. The Bertz CT molecular complexity index is 3450. The molecule has 0 spiro atoms. The topological polar surface area (TPSA) is 16.4 Å². The van der Waals surface area contributed by atoms with E-state index in [-0.39, 0.29) is 0 Å². The molecule has 2 nitrogen and oxygen atoms in total. The fourth-order valence-corrected chi connectivity index (χ4v) is 10.6. The average Bonchev–Trinajstić information content (AvgIpc) is 3.76. The van der Waals surface area contributed by atoms with Gasteiger partial charge in [-0.1, -0.05) is 201 Å². The number of anilines is 3. The second-order valence-corrected chi connectivity index (χ2v) is 17.4. The van der Waals surface area contributed by atoms with Crippen LogP contribution in [0.25, 0.3) is 88.0 Å². The summed E-state index contributed by atoms with van der Waals surface area (Å²) in [5, 5.41) is 7.51. The first-order chi connectivity index (χ1) is 31.7. The number of hydrogen-bond acceptors (Lipinski definition) is 2. The third-order valence-electron chi connectivity index (χ3n) is 13.7. The molecule has 1 fully saturated rings. The van der Waals surface area contributed by atoms with Gasteiger partial charge in [-0.3, -0.25) is 0 Å². The molecule has 1 heterocycles. The van der Waals surface area contributed by atoms with Crippen LogP contribution < -0.4 is 4.90 Å². The van der Waals surface area contributed by atoms with Crippen molar-refractivity contribution in [2.45, 2.75) is 38.0 Å². The number of benzene rings is 10. The van der Waals surface area contributed by atoms with Crippen LogP contribution >= 0.6 is 0 Å². The van der Waals surface area contributed by atoms with Gasteiger partial charge in [0.2, 0.25) is 0 Å². The Morgan fingerprint density at radius 2 is 0.875 bits per heavy atom. The predicted molar refractivity (Wildman–Crippen MR) is 271 cm³/mol. The normalized spacial score (nSPS) is 13.2. The van der Waals surface area contributed by atoms with Crippen molar-refractivity contribution in [2.75, 3.05) is 4.90 Å². The van der Waals surface area contributed by atoms with Crippen LogP contribution in [0.15, 0.2) is 223 Å². The van der Waals surface area contributed by atoms with Gasteiger partial charge in [0.05, 0.1) is 5.69 Å². The van der Waals surface area contributed by atoms with Crippen LogP contribution in [0.1, 0.15) is 43.6 Å². The molecule has 1 saturated carbocycles. The lowest BCUT2D eigenvalue weighted by atomic mass is 9.80. The Hall–Kier alpha value is -7.68. The van der Waals surface area contributed by atoms with E-state index < -0.39 is 0 Å². The van der Waals surface area contributed by atoms with Gasteiger partial charge in [0.1, 0.15) is 11.2 Å². The third kappa shape index (κ3) is 6.74. The van der Waals surface area contributed by atoms with Crippen LogP contribution in [0.5, 0.6) is 0 Å². The Labute approximate surface area is 374 Å². The zero-order chi connectivity index (χ0) is 42.4. The smallest absolute Gasteiger partial charge is 0.143 e. The summed E-state index contributed by atoms with van der Waals surface area (Å²) in [7, 11) is 0. The molecule has 0 N–H and O–H groups in total. The van der Waals surface area contributed by atoms with Gasteiger partial charge in [0.25, 0.3) is 0 Å². The maximum absolute atomic E-state index is 6.49. The fourth-order valence-electron chi connectivity index (χ4n) is 10.6. The lowest BCUT2D eigenvalue weighted by Gasteiger charge is -2.29. The monoisotopic (exact) mass is 821 g/mol. The largest absolute Gasteiger partial charge is 0.455 e. The second-order valence-electron chi connectivity index (χ2n) is 17.4. The van der Waals surface area contributed by atoms with Gasteiger partial charge in [-0.25, -0.2) is 0 Å². The number of hydrogen-bond donors (Lipinski definition) is 0. The average molecular weight is 822 g/mol. The molecule has 0 radical (unpaired) electrons. The second kappa shape index (κ2) is 16.2. The van der Waals surface area contributed by atoms with Gasteiger partial charge in [0.15, 0.2) is 0 Å². The van der Waals surface area contributed by atoms with E-state index in [0.29, 0.717) is 5.92 Å². The van der Waals surface area contributed by atoms with Crippen LogP contribution in [-0.2, 0) is 0 Å². The van der Waals surface area contributed by atoms with E-state index in [4.69, 9.17) is 4.42 Å². The molecule has 0 amide bonds. The first-order valence-corrected chi connectivity index (χ1v) is 22.9. The Morgan fingerprint density at radius 1 is 0.359 bits per heavy atom. The minimum Gasteiger partial charge on any atom is -0.455 e.